The summed E-state index contributed by atoms with van der Waals surface area (Å²) < 4.78 is 18.4. The summed E-state index contributed by atoms with van der Waals surface area (Å²) in [5.41, 5.74) is 2.52. The van der Waals surface area contributed by atoms with Crippen molar-refractivity contribution >= 4 is 63.5 Å². The third kappa shape index (κ3) is 6.58. The van der Waals surface area contributed by atoms with Gasteiger partial charge in [0.2, 0.25) is 11.8 Å². The number of hydrogen-bond donors (Lipinski definition) is 2. The van der Waals surface area contributed by atoms with E-state index in [2.05, 4.69) is 20.6 Å². The molecule has 0 saturated carbocycles. The maximum Gasteiger partial charge on any atom is 0.259 e. The molecule has 5 rings (SSSR count). The lowest BCUT2D eigenvalue weighted by Gasteiger charge is -2.25. The predicted octanol–water partition coefficient (Wildman–Crippen LogP) is 4.91. The molecule has 2 N–H and O–H groups in total. The number of rotatable bonds is 9. The number of nitrogens with one attached hydrogen (secondary N) is 2. The topological polar surface area (TPSA) is 112 Å². The fourth-order valence-corrected chi connectivity index (χ4v) is 5.31. The van der Waals surface area contributed by atoms with E-state index in [0.717, 1.165) is 17.3 Å². The molecule has 0 bridgehead atoms. The average molecular weight is 594 g/mol. The second-order valence-electron chi connectivity index (χ2n) is 9.18. The Balaban J connectivity index is 1.24. The van der Waals surface area contributed by atoms with E-state index in [1.54, 1.807) is 30.3 Å². The molecule has 9 nitrogen and oxygen atoms in total. The molecular formula is C29H25ClFN5O4S. The van der Waals surface area contributed by atoms with Crippen LogP contribution in [0.5, 0.6) is 5.75 Å². The van der Waals surface area contributed by atoms with E-state index in [-0.39, 0.29) is 48.7 Å². The summed E-state index contributed by atoms with van der Waals surface area (Å²) in [6.45, 7) is 0.252. The van der Waals surface area contributed by atoms with Gasteiger partial charge in [0.1, 0.15) is 23.4 Å². The van der Waals surface area contributed by atoms with Crippen molar-refractivity contribution in [3.63, 3.8) is 0 Å². The zero-order valence-corrected chi connectivity index (χ0v) is 23.5. The molecular weight excluding hydrogens is 569 g/mol. The van der Waals surface area contributed by atoms with Gasteiger partial charge in [-0.3, -0.25) is 19.4 Å². The number of nitrogens with zero attached hydrogens (tertiary/aromatic N) is 3. The lowest BCUT2D eigenvalue weighted by atomic mass is 10.1. The number of halogens is 2. The molecule has 0 spiro atoms. The first-order valence-electron chi connectivity index (χ1n) is 12.7. The molecule has 2 aliphatic heterocycles. The van der Waals surface area contributed by atoms with Crippen LogP contribution in [0.15, 0.2) is 76.7 Å². The van der Waals surface area contributed by atoms with Crippen molar-refractivity contribution in [2.45, 2.75) is 25.4 Å². The summed E-state index contributed by atoms with van der Waals surface area (Å²) in [6.07, 6.45) is 0.274. The van der Waals surface area contributed by atoms with Crippen molar-refractivity contribution in [3.05, 3.63) is 88.7 Å². The molecule has 3 aromatic rings. The van der Waals surface area contributed by atoms with Gasteiger partial charge in [-0.15, -0.1) is 0 Å². The highest BCUT2D eigenvalue weighted by molar-refractivity contribution is 8.14. The minimum Gasteiger partial charge on any atom is -0.495 e. The van der Waals surface area contributed by atoms with E-state index in [9.17, 15) is 18.8 Å². The van der Waals surface area contributed by atoms with E-state index in [0.29, 0.717) is 38.7 Å². The van der Waals surface area contributed by atoms with Crippen LogP contribution in [-0.2, 0) is 20.9 Å². The van der Waals surface area contributed by atoms with Gasteiger partial charge in [-0.2, -0.15) is 0 Å². The van der Waals surface area contributed by atoms with Gasteiger partial charge in [0.25, 0.3) is 5.91 Å². The third-order valence-corrected chi connectivity index (χ3v) is 7.54. The van der Waals surface area contributed by atoms with Gasteiger partial charge in [-0.25, -0.2) is 14.3 Å². The van der Waals surface area contributed by atoms with Gasteiger partial charge >= 0.3 is 0 Å². The number of carbonyl (C=O) groups excluding carboxylic acids is 3. The SMILES string of the molecule is COc1ccc(Cl)cc1NC(=O)CSC1=Nc2ccccc2C2=NC(CCC(=O)NCc3ccc(F)cc3)C(=O)N12. The van der Waals surface area contributed by atoms with E-state index in [1.165, 1.54) is 24.1 Å². The van der Waals surface area contributed by atoms with Crippen LogP contribution >= 0.6 is 23.4 Å². The van der Waals surface area contributed by atoms with Crippen LogP contribution in [0, 0.1) is 5.82 Å². The van der Waals surface area contributed by atoms with Crippen molar-refractivity contribution in [2.75, 3.05) is 18.2 Å². The van der Waals surface area contributed by atoms with Crippen LogP contribution in [0.4, 0.5) is 15.8 Å². The lowest BCUT2D eigenvalue weighted by molar-refractivity contribution is -0.125. The van der Waals surface area contributed by atoms with Gasteiger partial charge in [-0.1, -0.05) is 47.6 Å². The number of amidine groups is 2. The van der Waals surface area contributed by atoms with Crippen LogP contribution in [-0.4, -0.2) is 52.5 Å². The Bertz CT molecular complexity index is 1560. The van der Waals surface area contributed by atoms with Crippen LogP contribution in [0.3, 0.4) is 0 Å². The third-order valence-electron chi connectivity index (χ3n) is 6.36. The Labute approximate surface area is 244 Å². The number of hydrogen-bond acceptors (Lipinski definition) is 7. The molecule has 3 amide bonds. The second kappa shape index (κ2) is 12.5. The minimum absolute atomic E-state index is 0.0375. The number of methoxy groups -OCH3 is 1. The summed E-state index contributed by atoms with van der Waals surface area (Å²) in [5, 5.41) is 6.33. The summed E-state index contributed by atoms with van der Waals surface area (Å²) in [5.74, 6) is -0.378. The standard InChI is InChI=1S/C29H25ClFN5O4S/c1-40-24-12-8-18(30)14-23(24)33-26(38)16-41-29-35-21-5-3-2-4-20(21)27-34-22(28(39)36(27)29)11-13-25(37)32-15-17-6-9-19(31)10-7-17/h2-10,12,14,22H,11,13,15-16H2,1H3,(H,32,37)(H,33,38). The number of thioether (sulfide) groups is 1. The van der Waals surface area contributed by atoms with Crippen molar-refractivity contribution in [3.8, 4) is 5.75 Å². The summed E-state index contributed by atoms with van der Waals surface area (Å²) >= 11 is 7.17. The van der Waals surface area contributed by atoms with Crippen LogP contribution in [0.2, 0.25) is 5.02 Å². The molecule has 0 aromatic heterocycles. The quantitative estimate of drug-likeness (QED) is 0.366. The smallest absolute Gasteiger partial charge is 0.259 e. The van der Waals surface area contributed by atoms with E-state index >= 15 is 0 Å². The molecule has 2 aliphatic rings. The van der Waals surface area contributed by atoms with Crippen molar-refractivity contribution < 1.29 is 23.5 Å². The molecule has 2 heterocycles. The monoisotopic (exact) mass is 593 g/mol. The van der Waals surface area contributed by atoms with E-state index in [1.807, 2.05) is 24.3 Å². The molecule has 0 fully saturated rings. The van der Waals surface area contributed by atoms with Crippen LogP contribution in [0.25, 0.3) is 0 Å². The first kappa shape index (κ1) is 28.3. The normalized spacial score (nSPS) is 15.4. The highest BCUT2D eigenvalue weighted by Gasteiger charge is 2.41. The Morgan fingerprint density at radius 3 is 2.66 bits per heavy atom. The van der Waals surface area contributed by atoms with Gasteiger partial charge in [0.15, 0.2) is 5.17 Å². The summed E-state index contributed by atoms with van der Waals surface area (Å²) in [4.78, 5) is 49.4. The second-order valence-corrected chi connectivity index (χ2v) is 10.6. The molecule has 1 unspecified atom stereocenters. The number of amides is 3. The first-order valence-corrected chi connectivity index (χ1v) is 14.1. The Morgan fingerprint density at radius 1 is 1.10 bits per heavy atom. The molecule has 41 heavy (non-hydrogen) atoms. The number of para-hydroxylation sites is 1. The predicted molar refractivity (Wildman–Crippen MR) is 157 cm³/mol. The number of carbonyl (C=O) groups is 3. The average Bonchev–Trinajstić information content (AvgIpc) is 3.31. The van der Waals surface area contributed by atoms with Gasteiger partial charge in [-0.05, 0) is 54.4 Å². The van der Waals surface area contributed by atoms with Gasteiger partial charge in [0, 0.05) is 23.6 Å². The van der Waals surface area contributed by atoms with E-state index in [4.69, 9.17) is 16.3 Å². The Hall–Kier alpha value is -4.22. The number of benzene rings is 3. The highest BCUT2D eigenvalue weighted by Crippen LogP contribution is 2.34. The van der Waals surface area contributed by atoms with Gasteiger partial charge in [0.05, 0.1) is 24.2 Å². The highest BCUT2D eigenvalue weighted by atomic mass is 35.5. The summed E-state index contributed by atoms with van der Waals surface area (Å²) in [7, 11) is 1.49. The van der Waals surface area contributed by atoms with Crippen LogP contribution in [0.1, 0.15) is 24.0 Å². The maximum absolute atomic E-state index is 13.5. The zero-order chi connectivity index (χ0) is 28.9. The Kier molecular flexibility index (Phi) is 8.65. The Morgan fingerprint density at radius 2 is 1.88 bits per heavy atom. The molecule has 0 radical (unpaired) electrons. The fraction of sp³-hybridized carbons (Fsp3) is 0.207. The number of anilines is 1. The van der Waals surface area contributed by atoms with Crippen molar-refractivity contribution in [1.29, 1.82) is 0 Å². The summed E-state index contributed by atoms with van der Waals surface area (Å²) in [6, 6.07) is 17.3. The molecule has 0 saturated heterocycles. The van der Waals surface area contributed by atoms with Crippen LogP contribution < -0.4 is 15.4 Å². The minimum atomic E-state index is -0.775. The molecule has 3 aromatic carbocycles. The first-order chi connectivity index (χ1) is 19.8. The molecule has 210 valence electrons. The van der Waals surface area contributed by atoms with Crippen molar-refractivity contribution in [2.24, 2.45) is 9.98 Å². The van der Waals surface area contributed by atoms with Gasteiger partial charge < -0.3 is 15.4 Å². The molecule has 12 heteroatoms. The number of ether oxygens (including phenoxy) is 1. The van der Waals surface area contributed by atoms with Crippen molar-refractivity contribution in [1.82, 2.24) is 10.2 Å². The largest absolute Gasteiger partial charge is 0.495 e. The maximum atomic E-state index is 13.5. The number of fused-ring (bicyclic) bond motifs is 3. The van der Waals surface area contributed by atoms with E-state index < -0.39 is 6.04 Å². The molecule has 0 aliphatic carbocycles. The zero-order valence-electron chi connectivity index (χ0n) is 21.9. The molecule has 1 atom stereocenters. The number of aliphatic imine (C=N–C) groups is 2. The lowest BCUT2D eigenvalue weighted by Crippen LogP contribution is -2.41. The fourth-order valence-electron chi connectivity index (χ4n) is 4.34.